The molecule has 0 spiro atoms. The van der Waals surface area contributed by atoms with E-state index < -0.39 is 28.0 Å². The molecule has 7 heteroatoms. The van der Waals surface area contributed by atoms with Gasteiger partial charge in [-0.25, -0.2) is 0 Å². The lowest BCUT2D eigenvalue weighted by Gasteiger charge is -2.21. The minimum Gasteiger partial charge on any atom is -0.387 e. The van der Waals surface area contributed by atoms with Crippen LogP contribution in [0.15, 0.2) is 36.5 Å². The molecule has 0 aliphatic carbocycles. The summed E-state index contributed by atoms with van der Waals surface area (Å²) >= 11 is 0. The van der Waals surface area contributed by atoms with Crippen molar-refractivity contribution in [2.75, 3.05) is 5.75 Å². The fourth-order valence-corrected chi connectivity index (χ4v) is 7.80. The van der Waals surface area contributed by atoms with E-state index in [1.165, 1.54) is 173 Å². The van der Waals surface area contributed by atoms with Gasteiger partial charge in [0, 0.05) is 6.42 Å². The van der Waals surface area contributed by atoms with Crippen LogP contribution in [0.5, 0.6) is 0 Å². The number of unbranched alkanes of at least 4 members (excludes halogenated alkanes) is 30. The third-order valence-corrected chi connectivity index (χ3v) is 11.3. The van der Waals surface area contributed by atoms with E-state index in [-0.39, 0.29) is 5.91 Å². The predicted octanol–water partition coefficient (Wildman–Crippen LogP) is 14.1. The van der Waals surface area contributed by atoms with Crippen LogP contribution >= 0.6 is 0 Å². The molecule has 0 saturated heterocycles. The van der Waals surface area contributed by atoms with Gasteiger partial charge in [-0.15, -0.1) is 0 Å². The molecule has 0 bridgehead atoms. The Morgan fingerprint density at radius 3 is 1.20 bits per heavy atom. The monoisotopic (exact) mass is 780 g/mol. The Kier molecular flexibility index (Phi) is 40.1. The normalized spacial score (nSPS) is 13.5. The van der Waals surface area contributed by atoms with Crippen molar-refractivity contribution in [3.63, 3.8) is 0 Å². The zero-order chi connectivity index (χ0) is 39.6. The summed E-state index contributed by atoms with van der Waals surface area (Å²) in [5.41, 5.74) is 0. The number of nitrogens with one attached hydrogen (secondary N) is 1. The highest BCUT2D eigenvalue weighted by atomic mass is 32.2. The van der Waals surface area contributed by atoms with Crippen LogP contribution in [0.4, 0.5) is 0 Å². The summed E-state index contributed by atoms with van der Waals surface area (Å²) in [6.45, 7) is 4.53. The molecule has 0 aromatic heterocycles. The molecule has 0 rings (SSSR count). The van der Waals surface area contributed by atoms with Crippen molar-refractivity contribution in [1.82, 2.24) is 5.32 Å². The number of rotatable bonds is 42. The molecule has 2 atom stereocenters. The molecule has 0 aromatic rings. The van der Waals surface area contributed by atoms with Crippen molar-refractivity contribution in [2.24, 2.45) is 0 Å². The minimum atomic E-state index is -4.35. The second kappa shape index (κ2) is 41.2. The Balaban J connectivity index is 3.86. The van der Waals surface area contributed by atoms with Crippen molar-refractivity contribution in [2.45, 2.75) is 251 Å². The molecule has 0 saturated carbocycles. The van der Waals surface area contributed by atoms with Gasteiger partial charge in [0.25, 0.3) is 10.1 Å². The molecule has 1 amide bonds. The minimum absolute atomic E-state index is 0.281. The molecule has 0 heterocycles. The first-order valence-corrected chi connectivity index (χ1v) is 24.8. The fourth-order valence-electron chi connectivity index (χ4n) is 7.07. The highest BCUT2D eigenvalue weighted by Gasteiger charge is 2.24. The molecular formula is C47H89NO5S. The Hall–Kier alpha value is -1.44. The maximum absolute atomic E-state index is 12.6. The summed E-state index contributed by atoms with van der Waals surface area (Å²) in [6.07, 6.45) is 54.2. The lowest BCUT2D eigenvalue weighted by atomic mass is 10.0. The van der Waals surface area contributed by atoms with Crippen LogP contribution in [0.3, 0.4) is 0 Å². The van der Waals surface area contributed by atoms with E-state index >= 15 is 0 Å². The van der Waals surface area contributed by atoms with Gasteiger partial charge in [0.15, 0.2) is 0 Å². The standard InChI is InChI=1S/C47H89NO5S/c1-3-5-7-9-11-13-15-17-19-21-23-24-25-27-29-31-33-35-37-39-41-43-47(50)48-45(44-54(51,52)53)46(49)42-40-38-36-34-32-30-28-26-22-20-18-16-14-12-10-8-6-4-2/h15,17,21,23,40,42,45-46,49H,3-14,16,18-20,22,24-39,41,43-44H2,1-2H3,(H,48,50)(H,51,52,53)/b17-15-,23-21-,42-40+. The molecule has 0 fully saturated rings. The molecule has 3 N–H and O–H groups in total. The highest BCUT2D eigenvalue weighted by molar-refractivity contribution is 7.85. The van der Waals surface area contributed by atoms with Gasteiger partial charge in [-0.2, -0.15) is 8.42 Å². The van der Waals surface area contributed by atoms with Gasteiger partial charge in [-0.05, 0) is 51.4 Å². The van der Waals surface area contributed by atoms with Crippen LogP contribution in [0.1, 0.15) is 239 Å². The van der Waals surface area contributed by atoms with E-state index in [2.05, 4.69) is 43.5 Å². The SMILES string of the molecule is CCCCCCC/C=C\C/C=C\CCCCCCCCCCCC(=O)NC(CS(=O)(=O)O)C(O)/C=C/CCCCCCCCCCCCCCCCCC. The lowest BCUT2D eigenvalue weighted by Crippen LogP contribution is -2.46. The summed E-state index contributed by atoms with van der Waals surface area (Å²) in [7, 11) is -4.35. The zero-order valence-corrected chi connectivity index (χ0v) is 36.4. The number of aliphatic hydroxyl groups is 1. The molecule has 0 aliphatic heterocycles. The summed E-state index contributed by atoms with van der Waals surface area (Å²) in [5, 5.41) is 13.3. The summed E-state index contributed by atoms with van der Waals surface area (Å²) in [6, 6.07) is -1.06. The average molecular weight is 780 g/mol. The lowest BCUT2D eigenvalue weighted by molar-refractivity contribution is -0.122. The van der Waals surface area contributed by atoms with E-state index in [1.807, 2.05) is 6.08 Å². The van der Waals surface area contributed by atoms with Crippen molar-refractivity contribution in [3.8, 4) is 0 Å². The quantitative estimate of drug-likeness (QED) is 0.0325. The number of hydrogen-bond donors (Lipinski definition) is 3. The van der Waals surface area contributed by atoms with Crippen LogP contribution in [-0.4, -0.2) is 41.9 Å². The first kappa shape index (κ1) is 52.6. The fraction of sp³-hybridized carbons (Fsp3) is 0.851. The molecular weight excluding hydrogens is 691 g/mol. The summed E-state index contributed by atoms with van der Waals surface area (Å²) in [4.78, 5) is 12.6. The van der Waals surface area contributed by atoms with Gasteiger partial charge in [-0.1, -0.05) is 217 Å². The molecule has 6 nitrogen and oxygen atoms in total. The van der Waals surface area contributed by atoms with Crippen LogP contribution in [0.25, 0.3) is 0 Å². The smallest absolute Gasteiger partial charge is 0.267 e. The van der Waals surface area contributed by atoms with E-state index in [0.717, 1.165) is 44.9 Å². The molecule has 318 valence electrons. The first-order chi connectivity index (χ1) is 26.3. The molecule has 2 unspecified atom stereocenters. The van der Waals surface area contributed by atoms with Gasteiger partial charge in [-0.3, -0.25) is 9.35 Å². The second-order valence-electron chi connectivity index (χ2n) is 16.0. The molecule has 0 radical (unpaired) electrons. The third-order valence-electron chi connectivity index (χ3n) is 10.6. The first-order valence-electron chi connectivity index (χ1n) is 23.2. The van der Waals surface area contributed by atoms with Gasteiger partial charge in [0.05, 0.1) is 17.9 Å². The molecule has 0 aromatic carbocycles. The molecule has 54 heavy (non-hydrogen) atoms. The van der Waals surface area contributed by atoms with Crippen LogP contribution < -0.4 is 5.32 Å². The maximum Gasteiger partial charge on any atom is 0.267 e. The van der Waals surface area contributed by atoms with Crippen molar-refractivity contribution < 1.29 is 22.9 Å². The Bertz CT molecular complexity index is 992. The number of amides is 1. The van der Waals surface area contributed by atoms with Gasteiger partial charge < -0.3 is 10.4 Å². The van der Waals surface area contributed by atoms with Gasteiger partial charge in [0.2, 0.25) is 5.91 Å². The van der Waals surface area contributed by atoms with Crippen molar-refractivity contribution in [1.29, 1.82) is 0 Å². The Morgan fingerprint density at radius 2 is 0.833 bits per heavy atom. The number of allylic oxidation sites excluding steroid dienone is 5. The largest absolute Gasteiger partial charge is 0.387 e. The van der Waals surface area contributed by atoms with E-state index in [9.17, 15) is 22.9 Å². The number of carbonyl (C=O) groups excluding carboxylic acids is 1. The Labute approximate surface area is 336 Å². The number of aliphatic hydroxyl groups excluding tert-OH is 1. The van der Waals surface area contributed by atoms with Gasteiger partial charge in [0.1, 0.15) is 0 Å². The topological polar surface area (TPSA) is 104 Å². The van der Waals surface area contributed by atoms with Crippen molar-refractivity contribution in [3.05, 3.63) is 36.5 Å². The molecule has 0 aliphatic rings. The Morgan fingerprint density at radius 1 is 0.500 bits per heavy atom. The number of hydrogen-bond acceptors (Lipinski definition) is 4. The summed E-state index contributed by atoms with van der Waals surface area (Å²) in [5.74, 6) is -0.979. The second-order valence-corrected chi connectivity index (χ2v) is 17.5. The number of carbonyl (C=O) groups is 1. The summed E-state index contributed by atoms with van der Waals surface area (Å²) < 4.78 is 32.6. The van der Waals surface area contributed by atoms with E-state index in [4.69, 9.17) is 0 Å². The van der Waals surface area contributed by atoms with E-state index in [0.29, 0.717) is 6.42 Å². The zero-order valence-electron chi connectivity index (χ0n) is 35.6. The van der Waals surface area contributed by atoms with E-state index in [1.54, 1.807) is 6.08 Å². The van der Waals surface area contributed by atoms with Crippen molar-refractivity contribution >= 4 is 16.0 Å². The van der Waals surface area contributed by atoms with Crippen LogP contribution in [-0.2, 0) is 14.9 Å². The third kappa shape index (κ3) is 41.7. The van der Waals surface area contributed by atoms with Crippen LogP contribution in [0, 0.1) is 0 Å². The average Bonchev–Trinajstić information content (AvgIpc) is 3.14. The van der Waals surface area contributed by atoms with Gasteiger partial charge >= 0.3 is 0 Å². The highest BCUT2D eigenvalue weighted by Crippen LogP contribution is 2.15. The van der Waals surface area contributed by atoms with Crippen LogP contribution in [0.2, 0.25) is 0 Å². The predicted molar refractivity (Wildman–Crippen MR) is 235 cm³/mol. The maximum atomic E-state index is 12.6.